The van der Waals surface area contributed by atoms with E-state index in [9.17, 15) is 14.7 Å². The minimum Gasteiger partial charge on any atom is -0.463 e. The molecule has 3 aliphatic heterocycles. The normalized spacial score (nSPS) is 35.3. The molecule has 9 atom stereocenters. The lowest BCUT2D eigenvalue weighted by atomic mass is 9.74. The molecule has 2 saturated heterocycles. The van der Waals surface area contributed by atoms with Crippen molar-refractivity contribution in [1.82, 2.24) is 14.7 Å². The number of aliphatic hydroxyl groups excluding tert-OH is 1. The van der Waals surface area contributed by atoms with E-state index in [1.807, 2.05) is 32.8 Å². The first kappa shape index (κ1) is 39.9. The minimum absolute atomic E-state index is 0.0245. The number of ketones is 1. The van der Waals surface area contributed by atoms with Crippen LogP contribution in [0, 0.1) is 17.3 Å². The quantitative estimate of drug-likeness (QED) is 0.270. The topological polar surface area (TPSA) is 101 Å². The fraction of sp³-hybridized carbons (Fsp3) is 0.795. The molecule has 3 heterocycles. The second-order valence-corrected chi connectivity index (χ2v) is 16.1. The van der Waals surface area contributed by atoms with Gasteiger partial charge >= 0.3 is 5.97 Å². The Morgan fingerprint density at radius 3 is 2.29 bits per heavy atom. The van der Waals surface area contributed by atoms with Crippen molar-refractivity contribution in [3.63, 3.8) is 0 Å². The van der Waals surface area contributed by atoms with E-state index in [1.54, 1.807) is 27.9 Å². The molecule has 3 aliphatic rings. The Labute approximate surface area is 295 Å². The number of methoxy groups -OCH3 is 1. The van der Waals surface area contributed by atoms with Crippen LogP contribution in [0.5, 0.6) is 0 Å². The predicted molar refractivity (Wildman–Crippen MR) is 191 cm³/mol. The molecular weight excluding hydrogens is 622 g/mol. The number of hydrogen-bond donors (Lipinski definition) is 1. The molecule has 0 bridgehead atoms. The summed E-state index contributed by atoms with van der Waals surface area (Å²) in [5.74, 6) is -1.40. The molecule has 0 unspecified atom stereocenters. The Morgan fingerprint density at radius 1 is 1.04 bits per heavy atom. The molecule has 0 spiro atoms. The van der Waals surface area contributed by atoms with Crippen LogP contribution >= 0.6 is 0 Å². The second-order valence-electron chi connectivity index (χ2n) is 16.1. The lowest BCUT2D eigenvalue weighted by molar-refractivity contribution is -0.295. The molecule has 0 aromatic heterocycles. The number of carbonyl (C=O) groups is 2. The number of benzene rings is 1. The third kappa shape index (κ3) is 9.50. The van der Waals surface area contributed by atoms with Crippen molar-refractivity contribution in [2.75, 3.05) is 47.4 Å². The smallest absolute Gasteiger partial charge is 0.319 e. The maximum atomic E-state index is 14.3. The fourth-order valence-electron chi connectivity index (χ4n) is 8.42. The summed E-state index contributed by atoms with van der Waals surface area (Å²) < 4.78 is 25.2. The standard InChI is InChI=1S/C39H65N3O7/c1-11-18-42-22-26(2)21-39(7,46-10)35(49-36-33(43)32(40(8)9)20-27(3)48-36)28(4)34(44)38(5,6)37(45)47-25-31(42)17-14-19-41-23-29-15-12-13-16-30(29)24-41/h12-13,15-16,26-28,31-33,35-36,43H,11,14,17-25H2,1-10H3/t26-,27-,28+,31+,32+,33-,35-,36+,39-/m1/s1. The number of rotatable bonds is 10. The van der Waals surface area contributed by atoms with Gasteiger partial charge in [-0.1, -0.05) is 45.0 Å². The molecular formula is C39H65N3O7. The van der Waals surface area contributed by atoms with E-state index in [-0.39, 0.29) is 36.5 Å². The minimum atomic E-state index is -1.41. The van der Waals surface area contributed by atoms with Gasteiger partial charge in [0.25, 0.3) is 0 Å². The summed E-state index contributed by atoms with van der Waals surface area (Å²) in [4.78, 5) is 35.1. The molecule has 1 aromatic rings. The summed E-state index contributed by atoms with van der Waals surface area (Å²) in [5, 5.41) is 11.4. The molecule has 0 radical (unpaired) electrons. The number of likely N-dealkylation sites (N-methyl/N-ethyl adjacent to an activating group) is 1. The second kappa shape index (κ2) is 17.1. The van der Waals surface area contributed by atoms with Gasteiger partial charge in [-0.15, -0.1) is 0 Å². The predicted octanol–water partition coefficient (Wildman–Crippen LogP) is 4.89. The summed E-state index contributed by atoms with van der Waals surface area (Å²) in [5.41, 5.74) is 0.475. The molecule has 10 nitrogen and oxygen atoms in total. The highest BCUT2D eigenvalue weighted by atomic mass is 16.7. The summed E-state index contributed by atoms with van der Waals surface area (Å²) >= 11 is 0. The van der Waals surface area contributed by atoms with E-state index in [0.717, 1.165) is 52.0 Å². The average molecular weight is 688 g/mol. The maximum Gasteiger partial charge on any atom is 0.319 e. The summed E-state index contributed by atoms with van der Waals surface area (Å²) in [6.45, 7) is 18.3. The van der Waals surface area contributed by atoms with Crippen molar-refractivity contribution in [2.24, 2.45) is 17.3 Å². The van der Waals surface area contributed by atoms with Crippen LogP contribution in [0.4, 0.5) is 0 Å². The first-order chi connectivity index (χ1) is 23.1. The number of nitrogens with zero attached hydrogens (tertiary/aromatic N) is 3. The number of ether oxygens (including phenoxy) is 4. The Kier molecular flexibility index (Phi) is 13.9. The summed E-state index contributed by atoms with van der Waals surface area (Å²) in [7, 11) is 5.53. The number of aliphatic hydroxyl groups is 1. The number of esters is 1. The van der Waals surface area contributed by atoms with Gasteiger partial charge in [-0.2, -0.15) is 0 Å². The van der Waals surface area contributed by atoms with Gasteiger partial charge in [0.2, 0.25) is 0 Å². The Balaban J connectivity index is 1.59. The molecule has 0 aliphatic carbocycles. The van der Waals surface area contributed by atoms with Gasteiger partial charge in [-0.05, 0) is 104 Å². The van der Waals surface area contributed by atoms with Crippen molar-refractivity contribution in [1.29, 1.82) is 0 Å². The Bertz CT molecular complexity index is 1220. The molecule has 0 amide bonds. The van der Waals surface area contributed by atoms with Gasteiger partial charge in [0, 0.05) is 44.7 Å². The maximum absolute atomic E-state index is 14.3. The number of cyclic esters (lactones) is 1. The zero-order valence-electron chi connectivity index (χ0n) is 31.9. The Morgan fingerprint density at radius 2 is 1.69 bits per heavy atom. The number of hydrogen-bond acceptors (Lipinski definition) is 10. The van der Waals surface area contributed by atoms with Crippen molar-refractivity contribution in [2.45, 2.75) is 136 Å². The monoisotopic (exact) mass is 687 g/mol. The highest BCUT2D eigenvalue weighted by Crippen LogP contribution is 2.38. The van der Waals surface area contributed by atoms with E-state index in [4.69, 9.17) is 18.9 Å². The van der Waals surface area contributed by atoms with Gasteiger partial charge < -0.3 is 29.0 Å². The highest BCUT2D eigenvalue weighted by molar-refractivity contribution is 6.04. The van der Waals surface area contributed by atoms with Crippen LogP contribution in [0.1, 0.15) is 91.7 Å². The fourth-order valence-corrected chi connectivity index (χ4v) is 8.42. The molecule has 4 rings (SSSR count). The first-order valence-corrected chi connectivity index (χ1v) is 18.6. The van der Waals surface area contributed by atoms with Crippen molar-refractivity contribution in [3.05, 3.63) is 35.4 Å². The first-order valence-electron chi connectivity index (χ1n) is 18.6. The number of carbonyl (C=O) groups excluding carboxylic acids is 2. The lowest BCUT2D eigenvalue weighted by Gasteiger charge is -2.47. The molecule has 0 saturated carbocycles. The molecule has 278 valence electrons. The van der Waals surface area contributed by atoms with Crippen LogP contribution in [-0.4, -0.2) is 121 Å². The lowest BCUT2D eigenvalue weighted by Crippen LogP contribution is -2.59. The molecule has 49 heavy (non-hydrogen) atoms. The average Bonchev–Trinajstić information content (AvgIpc) is 3.47. The van der Waals surface area contributed by atoms with Crippen LogP contribution in [0.15, 0.2) is 24.3 Å². The molecule has 1 aromatic carbocycles. The van der Waals surface area contributed by atoms with Crippen molar-refractivity contribution in [3.8, 4) is 0 Å². The van der Waals surface area contributed by atoms with E-state index < -0.39 is 41.4 Å². The number of Topliss-reactive ketones (excluding diaryl/α,β-unsaturated/α-hetero) is 1. The molecule has 2 fully saturated rings. The van der Waals surface area contributed by atoms with Gasteiger partial charge in [0.15, 0.2) is 12.1 Å². The van der Waals surface area contributed by atoms with E-state index in [1.165, 1.54) is 11.1 Å². The zero-order valence-corrected chi connectivity index (χ0v) is 31.9. The van der Waals surface area contributed by atoms with Crippen LogP contribution in [0.2, 0.25) is 0 Å². The van der Waals surface area contributed by atoms with Gasteiger partial charge in [-0.3, -0.25) is 19.4 Å². The van der Waals surface area contributed by atoms with E-state index in [0.29, 0.717) is 12.8 Å². The molecule has 10 heteroatoms. The van der Waals surface area contributed by atoms with Crippen LogP contribution < -0.4 is 0 Å². The van der Waals surface area contributed by atoms with Crippen LogP contribution in [0.25, 0.3) is 0 Å². The van der Waals surface area contributed by atoms with Crippen molar-refractivity contribution < 1.29 is 33.6 Å². The summed E-state index contributed by atoms with van der Waals surface area (Å²) in [6, 6.07) is 8.50. The van der Waals surface area contributed by atoms with Crippen molar-refractivity contribution >= 4 is 11.8 Å². The Hall–Kier alpha value is -1.92. The highest BCUT2D eigenvalue weighted by Gasteiger charge is 2.51. The zero-order chi connectivity index (χ0) is 36.1. The largest absolute Gasteiger partial charge is 0.463 e. The summed E-state index contributed by atoms with van der Waals surface area (Å²) in [6.07, 6.45) is 1.25. The molecule has 1 N–H and O–H groups in total. The number of fused-ring (bicyclic) bond motifs is 1. The third-order valence-electron chi connectivity index (χ3n) is 11.3. The van der Waals surface area contributed by atoms with Crippen LogP contribution in [0.3, 0.4) is 0 Å². The van der Waals surface area contributed by atoms with Gasteiger partial charge in [-0.25, -0.2) is 0 Å². The van der Waals surface area contributed by atoms with Gasteiger partial charge in [0.1, 0.15) is 18.1 Å². The SMILES string of the molecule is CCCN1C[C@H](C)C[C@@](C)(OC)[C@H](O[C@@H]2O[C@H](C)C[C@H](N(C)C)[C@H]2O)[C@@H](C)C(=O)C(C)(C)C(=O)OC[C@@H]1CCCN1Cc2ccccc2C1. The van der Waals surface area contributed by atoms with E-state index >= 15 is 0 Å². The third-order valence-corrected chi connectivity index (χ3v) is 11.3. The van der Waals surface area contributed by atoms with Crippen LogP contribution in [-0.2, 0) is 41.6 Å². The van der Waals surface area contributed by atoms with Gasteiger partial charge in [0.05, 0.1) is 17.8 Å². The van der Waals surface area contributed by atoms with E-state index in [2.05, 4.69) is 47.9 Å².